The topological polar surface area (TPSA) is 21.3 Å². The van der Waals surface area contributed by atoms with Gasteiger partial charge in [-0.1, -0.05) is 37.3 Å². The first-order chi connectivity index (χ1) is 6.74. The molecule has 0 aromatic heterocycles. The molecule has 1 aromatic carbocycles. The third kappa shape index (κ3) is 3.52. The lowest BCUT2D eigenvalue weighted by Gasteiger charge is -2.09. The largest absolute Gasteiger partial charge is 0.276 e. The van der Waals surface area contributed by atoms with Crippen molar-refractivity contribution >= 4 is 19.7 Å². The highest BCUT2D eigenvalue weighted by Gasteiger charge is 2.01. The maximum Gasteiger partial charge on any atom is 0.0792 e. The first-order valence-corrected chi connectivity index (χ1v) is 7.52. The van der Waals surface area contributed by atoms with Crippen LogP contribution in [0.5, 0.6) is 0 Å². The van der Waals surface area contributed by atoms with Gasteiger partial charge in [-0.25, -0.2) is 0 Å². The predicted molar refractivity (Wildman–Crippen MR) is 63.4 cm³/mol. The molecule has 2 nitrogen and oxygen atoms in total. The van der Waals surface area contributed by atoms with E-state index in [4.69, 9.17) is 4.84 Å². The molecule has 0 fully saturated rings. The van der Waals surface area contributed by atoms with Gasteiger partial charge in [0.15, 0.2) is 0 Å². The molecule has 0 saturated carbocycles. The second kappa shape index (κ2) is 5.83. The van der Waals surface area contributed by atoms with E-state index in [1.807, 2.05) is 6.07 Å². The molecule has 1 radical (unpaired) electrons. The van der Waals surface area contributed by atoms with Crippen molar-refractivity contribution in [3.63, 3.8) is 0 Å². The van der Waals surface area contributed by atoms with Crippen molar-refractivity contribution in [3.8, 4) is 0 Å². The maximum absolute atomic E-state index is 5.26. The lowest BCUT2D eigenvalue weighted by molar-refractivity contribution is 0.194. The Morgan fingerprint density at radius 2 is 2.14 bits per heavy atom. The summed E-state index contributed by atoms with van der Waals surface area (Å²) in [6.45, 7) is 7.42. The normalized spacial score (nSPS) is 10.6. The molecule has 1 rings (SSSR count). The maximum atomic E-state index is 5.26. The average molecular weight is 208 g/mol. The van der Waals surface area contributed by atoms with Crippen LogP contribution in [0.4, 0.5) is 5.69 Å². The van der Waals surface area contributed by atoms with E-state index in [9.17, 15) is 0 Å². The summed E-state index contributed by atoms with van der Waals surface area (Å²) in [5.74, 6) is 0. The lowest BCUT2D eigenvalue weighted by atomic mass is 10.3. The molecule has 0 spiro atoms. The Morgan fingerprint density at radius 1 is 1.36 bits per heavy atom. The summed E-state index contributed by atoms with van der Waals surface area (Å²) in [6.07, 6.45) is 1.03. The second-order valence-electron chi connectivity index (χ2n) is 3.53. The Morgan fingerprint density at radius 3 is 2.79 bits per heavy atom. The van der Waals surface area contributed by atoms with Crippen LogP contribution in [0, 0.1) is 0 Å². The van der Waals surface area contributed by atoms with Gasteiger partial charge in [-0.3, -0.25) is 10.3 Å². The van der Waals surface area contributed by atoms with Crippen LogP contribution in [0.1, 0.15) is 13.3 Å². The van der Waals surface area contributed by atoms with E-state index >= 15 is 0 Å². The highest BCUT2D eigenvalue weighted by atomic mass is 28.3. The van der Waals surface area contributed by atoms with Crippen LogP contribution in [0.3, 0.4) is 0 Å². The molecule has 0 unspecified atom stereocenters. The molecule has 1 aromatic rings. The summed E-state index contributed by atoms with van der Waals surface area (Å²) < 4.78 is 0. The highest BCUT2D eigenvalue weighted by molar-refractivity contribution is 6.70. The van der Waals surface area contributed by atoms with Gasteiger partial charge in [0.1, 0.15) is 0 Å². The Bertz CT molecular complexity index is 276. The summed E-state index contributed by atoms with van der Waals surface area (Å²) in [5.41, 5.74) is 4.01. The zero-order valence-corrected chi connectivity index (χ0v) is 10.1. The fraction of sp³-hybridized carbons (Fsp3) is 0.455. The van der Waals surface area contributed by atoms with Crippen molar-refractivity contribution in [2.24, 2.45) is 0 Å². The number of hydrogen-bond donors (Lipinski definition) is 1. The van der Waals surface area contributed by atoms with Crippen molar-refractivity contribution in [1.29, 1.82) is 0 Å². The van der Waals surface area contributed by atoms with Gasteiger partial charge in [-0.05, 0) is 18.6 Å². The lowest BCUT2D eigenvalue weighted by Crippen LogP contribution is -2.22. The van der Waals surface area contributed by atoms with Gasteiger partial charge in [-0.15, -0.1) is 0 Å². The van der Waals surface area contributed by atoms with Crippen LogP contribution < -0.4 is 10.7 Å². The summed E-state index contributed by atoms with van der Waals surface area (Å²) in [4.78, 5) is 5.26. The molecule has 0 atom stereocenters. The van der Waals surface area contributed by atoms with Crippen LogP contribution in [-0.4, -0.2) is 15.4 Å². The minimum atomic E-state index is -0.360. The first kappa shape index (κ1) is 11.3. The summed E-state index contributed by atoms with van der Waals surface area (Å²) >= 11 is 0. The van der Waals surface area contributed by atoms with E-state index in [2.05, 4.69) is 43.7 Å². The molecule has 1 N–H and O–H groups in total. The predicted octanol–water partition coefficient (Wildman–Crippen LogP) is 2.40. The van der Waals surface area contributed by atoms with E-state index in [-0.39, 0.29) is 8.80 Å². The van der Waals surface area contributed by atoms with Crippen molar-refractivity contribution in [2.75, 3.05) is 12.1 Å². The number of hydrogen-bond acceptors (Lipinski definition) is 2. The van der Waals surface area contributed by atoms with Crippen molar-refractivity contribution in [3.05, 3.63) is 24.3 Å². The Balaban J connectivity index is 2.55. The number of nitrogens with one attached hydrogen (secondary N) is 1. The molecule has 0 aliphatic carbocycles. The Hall–Kier alpha value is -0.803. The van der Waals surface area contributed by atoms with Crippen LogP contribution in [0.25, 0.3) is 0 Å². The molecule has 0 amide bonds. The van der Waals surface area contributed by atoms with Gasteiger partial charge in [0.05, 0.1) is 21.1 Å². The van der Waals surface area contributed by atoms with Gasteiger partial charge in [0.25, 0.3) is 0 Å². The summed E-state index contributed by atoms with van der Waals surface area (Å²) in [6, 6.07) is 8.46. The standard InChI is InChI=1S/C11H18NOSi/c1-4-8-13-12-10-6-5-7-11(9-10)14(2)3/h5-7,9,12H,4,8H2,1-3H3. The van der Waals surface area contributed by atoms with E-state index in [1.165, 1.54) is 5.19 Å². The molecule has 14 heavy (non-hydrogen) atoms. The minimum absolute atomic E-state index is 0.360. The molecule has 77 valence electrons. The average Bonchev–Trinajstić information content (AvgIpc) is 2.19. The summed E-state index contributed by atoms with van der Waals surface area (Å²) in [5, 5.41) is 1.43. The van der Waals surface area contributed by atoms with Crippen molar-refractivity contribution in [1.82, 2.24) is 0 Å². The van der Waals surface area contributed by atoms with Crippen LogP contribution in [-0.2, 0) is 4.84 Å². The summed E-state index contributed by atoms with van der Waals surface area (Å²) in [7, 11) is -0.360. The minimum Gasteiger partial charge on any atom is -0.276 e. The number of benzene rings is 1. The van der Waals surface area contributed by atoms with E-state index in [0.717, 1.165) is 18.7 Å². The third-order valence-corrected chi connectivity index (χ3v) is 3.40. The first-order valence-electron chi connectivity index (χ1n) is 5.02. The molecule has 0 heterocycles. The smallest absolute Gasteiger partial charge is 0.0792 e. The zero-order valence-electron chi connectivity index (χ0n) is 9.13. The van der Waals surface area contributed by atoms with E-state index in [1.54, 1.807) is 0 Å². The number of anilines is 1. The SMILES string of the molecule is CCCONc1cccc([Si](C)C)c1. The van der Waals surface area contributed by atoms with E-state index in [0.29, 0.717) is 0 Å². The van der Waals surface area contributed by atoms with Crippen LogP contribution in [0.15, 0.2) is 24.3 Å². The van der Waals surface area contributed by atoms with Gasteiger partial charge in [0, 0.05) is 0 Å². The molecule has 0 saturated heterocycles. The molecule has 0 aliphatic heterocycles. The quantitative estimate of drug-likeness (QED) is 0.456. The van der Waals surface area contributed by atoms with Crippen LogP contribution in [0.2, 0.25) is 13.1 Å². The van der Waals surface area contributed by atoms with Gasteiger partial charge in [0.2, 0.25) is 0 Å². The number of rotatable bonds is 5. The fourth-order valence-corrected chi connectivity index (χ4v) is 2.00. The molecule has 3 heteroatoms. The van der Waals surface area contributed by atoms with Crippen molar-refractivity contribution < 1.29 is 4.84 Å². The third-order valence-electron chi connectivity index (χ3n) is 1.94. The molecule has 0 aliphatic rings. The molecular weight excluding hydrogens is 190 g/mol. The second-order valence-corrected chi connectivity index (χ2v) is 6.11. The van der Waals surface area contributed by atoms with Crippen molar-refractivity contribution in [2.45, 2.75) is 26.4 Å². The van der Waals surface area contributed by atoms with Gasteiger partial charge >= 0.3 is 0 Å². The molecular formula is C11H18NOSi. The molecule has 0 bridgehead atoms. The Kier molecular flexibility index (Phi) is 4.69. The fourth-order valence-electron chi connectivity index (χ4n) is 1.13. The van der Waals surface area contributed by atoms with E-state index < -0.39 is 0 Å². The zero-order chi connectivity index (χ0) is 10.4. The van der Waals surface area contributed by atoms with Gasteiger partial charge in [-0.2, -0.15) is 0 Å². The monoisotopic (exact) mass is 208 g/mol. The highest BCUT2D eigenvalue weighted by Crippen LogP contribution is 2.04. The van der Waals surface area contributed by atoms with Crippen LogP contribution >= 0.6 is 0 Å². The van der Waals surface area contributed by atoms with Gasteiger partial charge < -0.3 is 0 Å². The Labute approximate surface area is 87.9 Å².